The van der Waals surface area contributed by atoms with Gasteiger partial charge in [0.25, 0.3) is 0 Å². The molecule has 94 valence electrons. The molecule has 0 bridgehead atoms. The van der Waals surface area contributed by atoms with Crippen LogP contribution in [-0.4, -0.2) is 28.7 Å². The third-order valence-electron chi connectivity index (χ3n) is 2.41. The van der Waals surface area contributed by atoms with Crippen LogP contribution in [0.2, 0.25) is 0 Å². The van der Waals surface area contributed by atoms with Gasteiger partial charge >= 0.3 is 5.97 Å². The fourth-order valence-corrected chi connectivity index (χ4v) is 2.66. The second-order valence-electron chi connectivity index (χ2n) is 3.45. The van der Waals surface area contributed by atoms with Gasteiger partial charge in [-0.1, -0.05) is 11.2 Å². The first-order valence-corrected chi connectivity index (χ1v) is 7.53. The Bertz CT molecular complexity index is 580. The number of hydrogen-bond acceptors (Lipinski definition) is 5. The molecule has 0 aliphatic carbocycles. The quantitative estimate of drug-likeness (QED) is 0.866. The average Bonchev–Trinajstić information content (AvgIpc) is 2.87. The second kappa shape index (κ2) is 5.49. The summed E-state index contributed by atoms with van der Waals surface area (Å²) in [4.78, 5) is 13.0. The SMILES string of the molecule is CSc1ccc(-c2cc(C(=O)O)on2)c(SC)c1. The van der Waals surface area contributed by atoms with Crippen molar-refractivity contribution in [1.82, 2.24) is 5.16 Å². The van der Waals surface area contributed by atoms with E-state index in [-0.39, 0.29) is 5.76 Å². The van der Waals surface area contributed by atoms with E-state index in [1.807, 2.05) is 24.6 Å². The van der Waals surface area contributed by atoms with Crippen LogP contribution in [0.1, 0.15) is 10.6 Å². The van der Waals surface area contributed by atoms with E-state index >= 15 is 0 Å². The maximum absolute atomic E-state index is 10.8. The summed E-state index contributed by atoms with van der Waals surface area (Å²) >= 11 is 3.26. The summed E-state index contributed by atoms with van der Waals surface area (Å²) in [6, 6.07) is 7.41. The summed E-state index contributed by atoms with van der Waals surface area (Å²) in [6.07, 6.45) is 3.98. The summed E-state index contributed by atoms with van der Waals surface area (Å²) in [6.45, 7) is 0. The average molecular weight is 281 g/mol. The maximum Gasteiger partial charge on any atom is 0.374 e. The number of aromatic nitrogens is 1. The lowest BCUT2D eigenvalue weighted by Crippen LogP contribution is -1.91. The number of benzene rings is 1. The van der Waals surface area contributed by atoms with Crippen LogP contribution in [0, 0.1) is 0 Å². The third kappa shape index (κ3) is 2.54. The lowest BCUT2D eigenvalue weighted by Gasteiger charge is -2.05. The van der Waals surface area contributed by atoms with E-state index in [9.17, 15) is 4.79 Å². The second-order valence-corrected chi connectivity index (χ2v) is 5.18. The van der Waals surface area contributed by atoms with Gasteiger partial charge in [-0.15, -0.1) is 23.5 Å². The smallest absolute Gasteiger partial charge is 0.374 e. The third-order valence-corrected chi connectivity index (χ3v) is 3.91. The molecule has 0 unspecified atom stereocenters. The van der Waals surface area contributed by atoms with Gasteiger partial charge in [-0.05, 0) is 24.6 Å². The molecule has 2 aromatic rings. The number of thioether (sulfide) groups is 2. The standard InChI is InChI=1S/C12H11NO3S2/c1-17-7-3-4-8(11(5-7)18-2)9-6-10(12(14)15)16-13-9/h3-6H,1-2H3,(H,14,15). The van der Waals surface area contributed by atoms with E-state index < -0.39 is 5.97 Å². The van der Waals surface area contributed by atoms with Crippen molar-refractivity contribution >= 4 is 29.5 Å². The summed E-state index contributed by atoms with van der Waals surface area (Å²) < 4.78 is 4.77. The Kier molecular flexibility index (Phi) is 3.98. The molecule has 0 atom stereocenters. The summed E-state index contributed by atoms with van der Waals surface area (Å²) in [5, 5.41) is 12.6. The molecule has 1 aromatic carbocycles. The topological polar surface area (TPSA) is 63.3 Å². The largest absolute Gasteiger partial charge is 0.475 e. The monoisotopic (exact) mass is 281 g/mol. The summed E-state index contributed by atoms with van der Waals surface area (Å²) in [5.41, 5.74) is 1.43. The molecule has 0 saturated carbocycles. The van der Waals surface area contributed by atoms with E-state index in [4.69, 9.17) is 9.63 Å². The van der Waals surface area contributed by atoms with Crippen molar-refractivity contribution in [3.8, 4) is 11.3 Å². The van der Waals surface area contributed by atoms with Crippen molar-refractivity contribution in [2.75, 3.05) is 12.5 Å². The highest BCUT2D eigenvalue weighted by Crippen LogP contribution is 2.33. The fraction of sp³-hybridized carbons (Fsp3) is 0.167. The van der Waals surface area contributed by atoms with Crippen LogP contribution in [0.15, 0.2) is 38.6 Å². The highest BCUT2D eigenvalue weighted by atomic mass is 32.2. The van der Waals surface area contributed by atoms with Crippen LogP contribution in [0.5, 0.6) is 0 Å². The van der Waals surface area contributed by atoms with Gasteiger partial charge in [0.1, 0.15) is 5.69 Å². The normalized spacial score (nSPS) is 10.6. The number of carboxylic acids is 1. The molecule has 6 heteroatoms. The minimum Gasteiger partial charge on any atom is -0.475 e. The van der Waals surface area contributed by atoms with Gasteiger partial charge in [-0.25, -0.2) is 4.79 Å². The fourth-order valence-electron chi connectivity index (χ4n) is 1.51. The van der Waals surface area contributed by atoms with Gasteiger partial charge in [0, 0.05) is 21.4 Å². The van der Waals surface area contributed by atoms with Crippen LogP contribution in [-0.2, 0) is 0 Å². The van der Waals surface area contributed by atoms with E-state index in [1.54, 1.807) is 23.5 Å². The zero-order valence-corrected chi connectivity index (χ0v) is 11.5. The van der Waals surface area contributed by atoms with Gasteiger partial charge < -0.3 is 9.63 Å². The minimum absolute atomic E-state index is 0.147. The Morgan fingerprint density at radius 1 is 1.28 bits per heavy atom. The molecular weight excluding hydrogens is 270 g/mol. The molecule has 18 heavy (non-hydrogen) atoms. The highest BCUT2D eigenvalue weighted by molar-refractivity contribution is 7.99. The van der Waals surface area contributed by atoms with E-state index in [0.29, 0.717) is 5.69 Å². The molecule has 1 aromatic heterocycles. The zero-order chi connectivity index (χ0) is 13.1. The van der Waals surface area contributed by atoms with Crippen molar-refractivity contribution in [1.29, 1.82) is 0 Å². The van der Waals surface area contributed by atoms with Crippen LogP contribution in [0.3, 0.4) is 0 Å². The molecule has 1 heterocycles. The van der Waals surface area contributed by atoms with Crippen LogP contribution < -0.4 is 0 Å². The Morgan fingerprint density at radius 3 is 2.61 bits per heavy atom. The summed E-state index contributed by atoms with van der Waals surface area (Å²) in [7, 11) is 0. The Hall–Kier alpha value is -1.40. The van der Waals surface area contributed by atoms with Crippen molar-refractivity contribution in [2.24, 2.45) is 0 Å². The van der Waals surface area contributed by atoms with Gasteiger partial charge in [0.15, 0.2) is 0 Å². The molecule has 0 saturated heterocycles. The lowest BCUT2D eigenvalue weighted by atomic mass is 10.1. The Labute approximate surface area is 113 Å². The molecule has 0 amide bonds. The number of hydrogen-bond donors (Lipinski definition) is 1. The van der Waals surface area contributed by atoms with E-state index in [1.165, 1.54) is 6.07 Å². The minimum atomic E-state index is -1.11. The number of carbonyl (C=O) groups is 1. The zero-order valence-electron chi connectivity index (χ0n) is 9.84. The number of rotatable bonds is 4. The molecule has 0 fully saturated rings. The van der Waals surface area contributed by atoms with Gasteiger partial charge in [-0.3, -0.25) is 0 Å². The van der Waals surface area contributed by atoms with Crippen LogP contribution in [0.25, 0.3) is 11.3 Å². The van der Waals surface area contributed by atoms with E-state index in [0.717, 1.165) is 15.4 Å². The molecule has 2 rings (SSSR count). The Balaban J connectivity index is 2.45. The van der Waals surface area contributed by atoms with Crippen molar-refractivity contribution in [3.05, 3.63) is 30.0 Å². The van der Waals surface area contributed by atoms with Gasteiger partial charge in [0.2, 0.25) is 5.76 Å². The number of nitrogens with zero attached hydrogens (tertiary/aromatic N) is 1. The number of aromatic carboxylic acids is 1. The van der Waals surface area contributed by atoms with Crippen molar-refractivity contribution in [2.45, 2.75) is 9.79 Å². The van der Waals surface area contributed by atoms with Gasteiger partial charge in [0.05, 0.1) is 0 Å². The molecule has 0 aliphatic heterocycles. The van der Waals surface area contributed by atoms with E-state index in [2.05, 4.69) is 11.2 Å². The van der Waals surface area contributed by atoms with Crippen LogP contribution in [0.4, 0.5) is 0 Å². The first-order valence-electron chi connectivity index (χ1n) is 5.08. The highest BCUT2D eigenvalue weighted by Gasteiger charge is 2.14. The lowest BCUT2D eigenvalue weighted by molar-refractivity contribution is 0.0652. The molecule has 0 spiro atoms. The van der Waals surface area contributed by atoms with Crippen LogP contribution >= 0.6 is 23.5 Å². The molecule has 4 nitrogen and oxygen atoms in total. The first-order chi connectivity index (χ1) is 8.65. The summed E-state index contributed by atoms with van der Waals surface area (Å²) in [5.74, 6) is -1.26. The predicted molar refractivity (Wildman–Crippen MR) is 72.5 cm³/mol. The predicted octanol–water partition coefficient (Wildman–Crippen LogP) is 3.48. The van der Waals surface area contributed by atoms with Gasteiger partial charge in [-0.2, -0.15) is 0 Å². The first kappa shape index (κ1) is 13.0. The van der Waals surface area contributed by atoms with Crippen molar-refractivity contribution in [3.63, 3.8) is 0 Å². The number of carboxylic acid groups (broad SMARTS) is 1. The van der Waals surface area contributed by atoms with Crippen molar-refractivity contribution < 1.29 is 14.4 Å². The molecule has 1 N–H and O–H groups in total. The Morgan fingerprint density at radius 2 is 2.06 bits per heavy atom. The molecule has 0 aliphatic rings. The molecular formula is C12H11NO3S2. The molecule has 0 radical (unpaired) electrons. The maximum atomic E-state index is 10.8.